The van der Waals surface area contributed by atoms with E-state index in [9.17, 15) is 8.42 Å². The van der Waals surface area contributed by atoms with E-state index in [0.717, 1.165) is 29.7 Å². The van der Waals surface area contributed by atoms with Crippen LogP contribution in [0.15, 0.2) is 30.6 Å². The maximum atomic E-state index is 13.6. The van der Waals surface area contributed by atoms with E-state index in [0.29, 0.717) is 23.2 Å². The molecule has 1 saturated carbocycles. The molecule has 0 unspecified atom stereocenters. The summed E-state index contributed by atoms with van der Waals surface area (Å²) in [6.45, 7) is 5.42. The summed E-state index contributed by atoms with van der Waals surface area (Å²) in [7, 11) is -0.710. The van der Waals surface area contributed by atoms with E-state index >= 15 is 0 Å². The third-order valence-corrected chi connectivity index (χ3v) is 8.87. The van der Waals surface area contributed by atoms with Crippen molar-refractivity contribution < 1.29 is 17.9 Å². The van der Waals surface area contributed by atoms with Gasteiger partial charge in [0.1, 0.15) is 23.4 Å². The Morgan fingerprint density at radius 1 is 1.14 bits per heavy atom. The van der Waals surface area contributed by atoms with Crippen molar-refractivity contribution in [1.82, 2.24) is 24.7 Å². The molecule has 0 bridgehead atoms. The van der Waals surface area contributed by atoms with Gasteiger partial charge in [0.05, 0.1) is 18.0 Å². The summed E-state index contributed by atoms with van der Waals surface area (Å²) in [4.78, 5) is 8.56. The molecule has 2 heterocycles. The molecular formula is C24H30ClN5O4S. The van der Waals surface area contributed by atoms with Gasteiger partial charge in [-0.3, -0.25) is 4.57 Å². The first-order valence-corrected chi connectivity index (χ1v) is 13.6. The fourth-order valence-corrected chi connectivity index (χ4v) is 6.18. The van der Waals surface area contributed by atoms with Crippen LogP contribution in [0, 0.1) is 13.8 Å². The highest BCUT2D eigenvalue weighted by atomic mass is 35.5. The number of hydrogen-bond acceptors (Lipinski definition) is 8. The minimum absolute atomic E-state index is 0.0769. The highest BCUT2D eigenvalue weighted by molar-refractivity contribution is 7.91. The lowest BCUT2D eigenvalue weighted by Crippen LogP contribution is -2.30. The molecule has 1 fully saturated rings. The number of alkyl halides is 1. The Morgan fingerprint density at radius 3 is 2.43 bits per heavy atom. The molecule has 3 aromatic rings. The first kappa shape index (κ1) is 25.5. The molecule has 0 saturated heterocycles. The molecular weight excluding hydrogens is 490 g/mol. The van der Waals surface area contributed by atoms with E-state index < -0.39 is 21.2 Å². The molecule has 0 radical (unpaired) electrons. The van der Waals surface area contributed by atoms with Crippen LogP contribution in [0.4, 0.5) is 0 Å². The second-order valence-electron chi connectivity index (χ2n) is 8.99. The lowest BCUT2D eigenvalue weighted by Gasteiger charge is -2.31. The van der Waals surface area contributed by atoms with Crippen molar-refractivity contribution in [1.29, 1.82) is 0 Å². The van der Waals surface area contributed by atoms with Gasteiger partial charge in [0.15, 0.2) is 21.5 Å². The standard InChI is InChI=1S/C24H30ClN5O4S/c1-14-11-26-23(27-12-14)22(34-5)16(3)35(31,32)13-20-28-29-24(17-9-18(25)10-17)30(20)21-15(2)7-6-8-19(21)33-4/h6-8,11-12,16-18,22H,9-10,13H2,1-5H3/t16-,17?,18?,22-/m0/s1. The number of nitrogens with zero attached hydrogens (tertiary/aromatic N) is 5. The monoisotopic (exact) mass is 519 g/mol. The second-order valence-corrected chi connectivity index (χ2v) is 12.0. The van der Waals surface area contributed by atoms with E-state index in [1.807, 2.05) is 36.6 Å². The number of sulfone groups is 1. The lowest BCUT2D eigenvalue weighted by atomic mass is 9.84. The van der Waals surface area contributed by atoms with E-state index in [2.05, 4.69) is 20.2 Å². The third kappa shape index (κ3) is 5.05. The summed E-state index contributed by atoms with van der Waals surface area (Å²) in [5.41, 5.74) is 2.53. The second kappa shape index (κ2) is 10.2. The van der Waals surface area contributed by atoms with Crippen molar-refractivity contribution >= 4 is 21.4 Å². The van der Waals surface area contributed by atoms with Crippen LogP contribution in [0.1, 0.15) is 60.4 Å². The zero-order valence-corrected chi connectivity index (χ0v) is 22.0. The molecule has 0 N–H and O–H groups in total. The summed E-state index contributed by atoms with van der Waals surface area (Å²) >= 11 is 6.25. The molecule has 2 atom stereocenters. The molecule has 9 nitrogen and oxygen atoms in total. The average Bonchev–Trinajstić information content (AvgIpc) is 3.19. The van der Waals surface area contributed by atoms with E-state index in [1.165, 1.54) is 7.11 Å². The minimum Gasteiger partial charge on any atom is -0.495 e. The topological polar surface area (TPSA) is 109 Å². The SMILES string of the molecule is COc1cccc(C)c1-n1c(CS(=O)(=O)[C@@H](C)[C@H](OC)c2ncc(C)cn2)nnc1C1CC(Cl)C1. The molecule has 1 aliphatic carbocycles. The number of benzene rings is 1. The first-order valence-electron chi connectivity index (χ1n) is 11.4. The molecule has 2 aromatic heterocycles. The van der Waals surface area contributed by atoms with Crippen molar-refractivity contribution in [3.05, 3.63) is 59.2 Å². The van der Waals surface area contributed by atoms with Gasteiger partial charge < -0.3 is 9.47 Å². The molecule has 1 aromatic carbocycles. The van der Waals surface area contributed by atoms with Crippen LogP contribution in [0.3, 0.4) is 0 Å². The first-order chi connectivity index (χ1) is 16.7. The Morgan fingerprint density at radius 2 is 1.83 bits per heavy atom. The average molecular weight is 520 g/mol. The van der Waals surface area contributed by atoms with Crippen LogP contribution in [-0.2, 0) is 20.3 Å². The predicted molar refractivity (Wildman–Crippen MR) is 133 cm³/mol. The van der Waals surface area contributed by atoms with Crippen molar-refractivity contribution in [3.8, 4) is 11.4 Å². The number of para-hydroxylation sites is 1. The zero-order chi connectivity index (χ0) is 25.3. The van der Waals surface area contributed by atoms with Crippen LogP contribution >= 0.6 is 11.6 Å². The predicted octanol–water partition coefficient (Wildman–Crippen LogP) is 3.86. The normalized spacial score (nSPS) is 19.7. The smallest absolute Gasteiger partial charge is 0.163 e. The van der Waals surface area contributed by atoms with Gasteiger partial charge in [-0.05, 0) is 50.8 Å². The Kier molecular flexibility index (Phi) is 7.44. The van der Waals surface area contributed by atoms with Gasteiger partial charge in [-0.2, -0.15) is 0 Å². The van der Waals surface area contributed by atoms with Gasteiger partial charge in [0, 0.05) is 30.8 Å². The van der Waals surface area contributed by atoms with Gasteiger partial charge in [0.25, 0.3) is 0 Å². The molecule has 4 rings (SSSR count). The third-order valence-electron chi connectivity index (χ3n) is 6.48. The highest BCUT2D eigenvalue weighted by Gasteiger charge is 2.38. The number of hydrogen-bond donors (Lipinski definition) is 0. The van der Waals surface area contributed by atoms with Crippen LogP contribution in [0.2, 0.25) is 0 Å². The Hall–Kier alpha value is -2.56. The highest BCUT2D eigenvalue weighted by Crippen LogP contribution is 2.42. The summed E-state index contributed by atoms with van der Waals surface area (Å²) < 4.78 is 40.2. The van der Waals surface area contributed by atoms with Crippen LogP contribution in [-0.4, -0.2) is 58.0 Å². The minimum atomic E-state index is -3.75. The van der Waals surface area contributed by atoms with Crippen molar-refractivity contribution in [3.63, 3.8) is 0 Å². The Balaban J connectivity index is 1.74. The van der Waals surface area contributed by atoms with Crippen LogP contribution < -0.4 is 4.74 Å². The fraction of sp³-hybridized carbons (Fsp3) is 0.500. The number of aryl methyl sites for hydroxylation is 2. The van der Waals surface area contributed by atoms with Crippen molar-refractivity contribution in [2.24, 2.45) is 0 Å². The number of methoxy groups -OCH3 is 2. The van der Waals surface area contributed by atoms with Gasteiger partial charge in [-0.25, -0.2) is 18.4 Å². The quantitative estimate of drug-likeness (QED) is 0.392. The van der Waals surface area contributed by atoms with Gasteiger partial charge in [-0.1, -0.05) is 12.1 Å². The number of rotatable bonds is 9. The molecule has 1 aliphatic rings. The summed E-state index contributed by atoms with van der Waals surface area (Å²) in [6, 6.07) is 5.68. The Labute approximate surface area is 210 Å². The summed E-state index contributed by atoms with van der Waals surface area (Å²) in [5, 5.41) is 7.92. The largest absolute Gasteiger partial charge is 0.495 e. The van der Waals surface area contributed by atoms with Crippen molar-refractivity contribution in [2.45, 2.75) is 62.0 Å². The molecule has 0 amide bonds. The maximum Gasteiger partial charge on any atom is 0.163 e. The Bertz CT molecular complexity index is 1290. The summed E-state index contributed by atoms with van der Waals surface area (Å²) in [5.74, 6) is 1.70. The van der Waals surface area contributed by atoms with E-state index in [-0.39, 0.29) is 17.0 Å². The van der Waals surface area contributed by atoms with Gasteiger partial charge in [0.2, 0.25) is 0 Å². The van der Waals surface area contributed by atoms with Crippen LogP contribution in [0.5, 0.6) is 5.75 Å². The fourth-order valence-electron chi connectivity index (χ4n) is 4.33. The molecule has 0 spiro atoms. The molecule has 188 valence electrons. The van der Waals surface area contributed by atoms with Gasteiger partial charge >= 0.3 is 0 Å². The number of ether oxygens (including phenoxy) is 2. The lowest BCUT2D eigenvalue weighted by molar-refractivity contribution is 0.0947. The number of aromatic nitrogens is 5. The molecule has 35 heavy (non-hydrogen) atoms. The summed E-state index contributed by atoms with van der Waals surface area (Å²) in [6.07, 6.45) is 3.97. The van der Waals surface area contributed by atoms with E-state index in [1.54, 1.807) is 26.4 Å². The van der Waals surface area contributed by atoms with Gasteiger partial charge in [-0.15, -0.1) is 21.8 Å². The molecule has 0 aliphatic heterocycles. The van der Waals surface area contributed by atoms with Crippen molar-refractivity contribution in [2.75, 3.05) is 14.2 Å². The number of halogens is 1. The van der Waals surface area contributed by atoms with Crippen LogP contribution in [0.25, 0.3) is 5.69 Å². The molecule has 11 heteroatoms. The van der Waals surface area contributed by atoms with E-state index in [4.69, 9.17) is 21.1 Å². The zero-order valence-electron chi connectivity index (χ0n) is 20.5. The maximum absolute atomic E-state index is 13.6.